The van der Waals surface area contributed by atoms with E-state index in [9.17, 15) is 5.11 Å². The van der Waals surface area contributed by atoms with E-state index in [1.807, 2.05) is 0 Å². The van der Waals surface area contributed by atoms with Crippen molar-refractivity contribution >= 4 is 11.4 Å². The molecule has 0 spiro atoms. The van der Waals surface area contributed by atoms with Crippen LogP contribution >= 0.6 is 0 Å². The minimum Gasteiger partial charge on any atom is -0.494 e. The van der Waals surface area contributed by atoms with Crippen LogP contribution in [0.25, 0.3) is 0 Å². The highest BCUT2D eigenvalue weighted by Crippen LogP contribution is 2.45. The normalized spacial score (nSPS) is 11.8. The Morgan fingerprint density at radius 3 is 2.18 bits per heavy atom. The van der Waals surface area contributed by atoms with Crippen molar-refractivity contribution in [3.05, 3.63) is 6.07 Å². The van der Waals surface area contributed by atoms with Crippen molar-refractivity contribution in [2.45, 2.75) is 13.2 Å². The summed E-state index contributed by atoms with van der Waals surface area (Å²) < 4.78 is 15.5. The van der Waals surface area contributed by atoms with E-state index in [1.54, 1.807) is 13.0 Å². The largest absolute Gasteiger partial charge is 0.494 e. The van der Waals surface area contributed by atoms with Crippen molar-refractivity contribution < 1.29 is 19.3 Å². The summed E-state index contributed by atoms with van der Waals surface area (Å²) in [5.74, 6) is 1.31. The second kappa shape index (κ2) is 5.49. The van der Waals surface area contributed by atoms with Gasteiger partial charge in [0, 0.05) is 6.07 Å². The molecular formula is C11H18N2O4. The molecule has 4 N–H and O–H groups in total. The topological polar surface area (TPSA) is 86.0 Å². The quantitative estimate of drug-likeness (QED) is 0.528. The smallest absolute Gasteiger partial charge is 0.172 e. The average Bonchev–Trinajstić information content (AvgIpc) is 2.29. The molecule has 0 aromatic heterocycles. The van der Waals surface area contributed by atoms with Crippen LogP contribution in [0, 0.1) is 0 Å². The standard InChI is InChI=1S/C11H18N2O4/c1-6(14)13-10-8(16-3)5-7(15-2)9(12)11(10)17-4/h5-6,13-14H,12H2,1-4H3. The van der Waals surface area contributed by atoms with Crippen LogP contribution in [0.3, 0.4) is 0 Å². The zero-order valence-corrected chi connectivity index (χ0v) is 10.4. The number of nitrogen functional groups attached to an aromatic ring is 1. The maximum atomic E-state index is 9.37. The molecule has 96 valence electrons. The molecule has 0 bridgehead atoms. The molecule has 0 aliphatic heterocycles. The molecule has 0 fully saturated rings. The summed E-state index contributed by atoms with van der Waals surface area (Å²) in [5, 5.41) is 12.2. The number of nitrogens with two attached hydrogens (primary N) is 1. The summed E-state index contributed by atoms with van der Waals surface area (Å²) in [5.41, 5.74) is 6.71. The van der Waals surface area contributed by atoms with E-state index < -0.39 is 6.23 Å². The molecule has 1 rings (SSSR count). The van der Waals surface area contributed by atoms with Crippen molar-refractivity contribution in [2.24, 2.45) is 0 Å². The van der Waals surface area contributed by atoms with Crippen LogP contribution in [0.2, 0.25) is 0 Å². The Hall–Kier alpha value is -1.82. The summed E-state index contributed by atoms with van der Waals surface area (Å²) in [6, 6.07) is 1.63. The van der Waals surface area contributed by atoms with Crippen LogP contribution in [0.15, 0.2) is 6.07 Å². The van der Waals surface area contributed by atoms with Gasteiger partial charge in [-0.15, -0.1) is 0 Å². The predicted molar refractivity (Wildman–Crippen MR) is 65.8 cm³/mol. The Morgan fingerprint density at radius 1 is 1.18 bits per heavy atom. The molecule has 0 aliphatic rings. The number of aliphatic hydroxyl groups excluding tert-OH is 1. The number of anilines is 2. The van der Waals surface area contributed by atoms with Crippen molar-refractivity contribution in [3.63, 3.8) is 0 Å². The molecule has 1 aromatic rings. The van der Waals surface area contributed by atoms with Crippen LogP contribution in [0.1, 0.15) is 6.92 Å². The van der Waals surface area contributed by atoms with Gasteiger partial charge in [-0.1, -0.05) is 0 Å². The van der Waals surface area contributed by atoms with Gasteiger partial charge in [0.2, 0.25) is 0 Å². The van der Waals surface area contributed by atoms with E-state index in [4.69, 9.17) is 19.9 Å². The zero-order chi connectivity index (χ0) is 13.0. The predicted octanol–water partition coefficient (Wildman–Crippen LogP) is 1.04. The Kier molecular flexibility index (Phi) is 4.28. The van der Waals surface area contributed by atoms with Crippen LogP contribution in [-0.2, 0) is 0 Å². The van der Waals surface area contributed by atoms with Crippen molar-refractivity contribution in [3.8, 4) is 17.2 Å². The molecule has 0 aliphatic carbocycles. The fourth-order valence-electron chi connectivity index (χ4n) is 1.51. The second-order valence-corrected chi connectivity index (χ2v) is 3.42. The van der Waals surface area contributed by atoms with Crippen LogP contribution < -0.4 is 25.3 Å². The SMILES string of the molecule is COc1cc(OC)c(NC(C)O)c(OC)c1N. The van der Waals surface area contributed by atoms with Gasteiger partial charge in [-0.3, -0.25) is 0 Å². The summed E-state index contributed by atoms with van der Waals surface area (Å²) in [6.45, 7) is 1.58. The molecule has 0 heterocycles. The van der Waals surface area contributed by atoms with Gasteiger partial charge in [0.15, 0.2) is 5.75 Å². The van der Waals surface area contributed by atoms with Gasteiger partial charge in [0.05, 0.1) is 21.3 Å². The number of methoxy groups -OCH3 is 3. The number of aliphatic hydroxyl groups is 1. The monoisotopic (exact) mass is 242 g/mol. The van der Waals surface area contributed by atoms with Gasteiger partial charge in [-0.05, 0) is 6.92 Å². The minimum atomic E-state index is -0.759. The number of ether oxygens (including phenoxy) is 3. The number of hydrogen-bond donors (Lipinski definition) is 3. The fourth-order valence-corrected chi connectivity index (χ4v) is 1.51. The lowest BCUT2D eigenvalue weighted by Crippen LogP contribution is -2.15. The van der Waals surface area contributed by atoms with Crippen LogP contribution in [0.4, 0.5) is 11.4 Å². The van der Waals surface area contributed by atoms with E-state index >= 15 is 0 Å². The highest BCUT2D eigenvalue weighted by atomic mass is 16.5. The third kappa shape index (κ3) is 2.65. The van der Waals surface area contributed by atoms with Gasteiger partial charge in [-0.25, -0.2) is 0 Å². The summed E-state index contributed by atoms with van der Waals surface area (Å²) in [6.07, 6.45) is -0.759. The molecule has 0 amide bonds. The first-order valence-electron chi connectivity index (χ1n) is 5.08. The maximum absolute atomic E-state index is 9.37. The lowest BCUT2D eigenvalue weighted by Gasteiger charge is -2.19. The molecule has 6 heteroatoms. The minimum absolute atomic E-state index is 0.346. The van der Waals surface area contributed by atoms with Gasteiger partial charge in [-0.2, -0.15) is 0 Å². The summed E-state index contributed by atoms with van der Waals surface area (Å²) in [4.78, 5) is 0. The van der Waals surface area contributed by atoms with Gasteiger partial charge >= 0.3 is 0 Å². The number of rotatable bonds is 5. The van der Waals surface area contributed by atoms with Crippen LogP contribution in [0.5, 0.6) is 17.2 Å². The molecule has 1 unspecified atom stereocenters. The molecular weight excluding hydrogens is 224 g/mol. The zero-order valence-electron chi connectivity index (χ0n) is 10.4. The first-order chi connectivity index (χ1) is 8.04. The van der Waals surface area contributed by atoms with Crippen molar-refractivity contribution in [1.82, 2.24) is 0 Å². The Morgan fingerprint density at radius 2 is 1.76 bits per heavy atom. The molecule has 1 atom stereocenters. The number of hydrogen-bond acceptors (Lipinski definition) is 6. The van der Waals surface area contributed by atoms with Crippen molar-refractivity contribution in [2.75, 3.05) is 32.4 Å². The first kappa shape index (κ1) is 13.2. The molecule has 0 radical (unpaired) electrons. The van der Waals surface area contributed by atoms with Crippen LogP contribution in [-0.4, -0.2) is 32.7 Å². The third-order valence-electron chi connectivity index (χ3n) is 2.24. The Labute approximate surface area is 100 Å². The highest BCUT2D eigenvalue weighted by molar-refractivity contribution is 5.80. The molecule has 0 saturated carbocycles. The van der Waals surface area contributed by atoms with E-state index in [0.717, 1.165) is 0 Å². The highest BCUT2D eigenvalue weighted by Gasteiger charge is 2.19. The molecule has 6 nitrogen and oxygen atoms in total. The van der Waals surface area contributed by atoms with Gasteiger partial charge in [0.1, 0.15) is 29.1 Å². The molecule has 1 aromatic carbocycles. The maximum Gasteiger partial charge on any atom is 0.172 e. The lowest BCUT2D eigenvalue weighted by molar-refractivity contribution is 0.223. The Balaban J connectivity index is 3.37. The lowest BCUT2D eigenvalue weighted by atomic mass is 10.2. The van der Waals surface area contributed by atoms with Crippen molar-refractivity contribution in [1.29, 1.82) is 0 Å². The average molecular weight is 242 g/mol. The van der Waals surface area contributed by atoms with E-state index in [1.165, 1.54) is 21.3 Å². The third-order valence-corrected chi connectivity index (χ3v) is 2.24. The summed E-state index contributed by atoms with van der Waals surface area (Å²) >= 11 is 0. The van der Waals surface area contributed by atoms with Gasteiger partial charge in [0.25, 0.3) is 0 Å². The summed E-state index contributed by atoms with van der Waals surface area (Å²) in [7, 11) is 4.50. The molecule has 17 heavy (non-hydrogen) atoms. The first-order valence-corrected chi connectivity index (χ1v) is 5.08. The number of benzene rings is 1. The van der Waals surface area contributed by atoms with E-state index in [-0.39, 0.29) is 0 Å². The fraction of sp³-hybridized carbons (Fsp3) is 0.455. The van der Waals surface area contributed by atoms with Gasteiger partial charge < -0.3 is 30.4 Å². The molecule has 0 saturated heterocycles. The van der Waals surface area contributed by atoms with E-state index in [2.05, 4.69) is 5.32 Å². The second-order valence-electron chi connectivity index (χ2n) is 3.42. The number of nitrogens with one attached hydrogen (secondary N) is 1. The van der Waals surface area contributed by atoms with E-state index in [0.29, 0.717) is 28.6 Å². The Bertz CT molecular complexity index is 394.